The Bertz CT molecular complexity index is 391. The summed E-state index contributed by atoms with van der Waals surface area (Å²) in [6.45, 7) is 2.51. The van der Waals surface area contributed by atoms with Crippen molar-refractivity contribution in [3.8, 4) is 0 Å². The minimum Gasteiger partial charge on any atom is -0.300 e. The van der Waals surface area contributed by atoms with Gasteiger partial charge in [0.2, 0.25) is 0 Å². The molecule has 1 saturated heterocycles. The highest BCUT2D eigenvalue weighted by molar-refractivity contribution is 9.10. The highest BCUT2D eigenvalue weighted by atomic mass is 79.9. The third kappa shape index (κ3) is 1.61. The van der Waals surface area contributed by atoms with Crippen LogP contribution in [0.4, 0.5) is 4.39 Å². The predicted octanol–water partition coefficient (Wildman–Crippen LogP) is 2.99. The maximum absolute atomic E-state index is 12.3. The molecule has 3 heteroatoms. The smallest absolute Gasteiger partial charge is 0.102 e. The van der Waals surface area contributed by atoms with E-state index in [1.807, 2.05) is 0 Å². The van der Waals surface area contributed by atoms with Gasteiger partial charge < -0.3 is 0 Å². The van der Waals surface area contributed by atoms with Crippen molar-refractivity contribution in [2.45, 2.75) is 11.8 Å². The third-order valence-electron chi connectivity index (χ3n) is 4.04. The van der Waals surface area contributed by atoms with Crippen molar-refractivity contribution in [1.82, 2.24) is 4.90 Å². The number of alkyl halides is 1. The van der Waals surface area contributed by atoms with E-state index in [-0.39, 0.29) is 6.67 Å². The molecule has 1 aromatic carbocycles. The summed E-state index contributed by atoms with van der Waals surface area (Å²) < 4.78 is 13.4. The van der Waals surface area contributed by atoms with Crippen molar-refractivity contribution >= 4 is 15.9 Å². The molecule has 2 atom stereocenters. The van der Waals surface area contributed by atoms with Crippen LogP contribution in [0.1, 0.15) is 12.0 Å². The monoisotopic (exact) mass is 283 g/mol. The second-order valence-electron chi connectivity index (χ2n) is 4.99. The number of rotatable bonds is 3. The molecule has 0 unspecified atom stereocenters. The van der Waals surface area contributed by atoms with E-state index in [4.69, 9.17) is 0 Å². The van der Waals surface area contributed by atoms with Gasteiger partial charge in [0.15, 0.2) is 0 Å². The van der Waals surface area contributed by atoms with Gasteiger partial charge in [-0.15, -0.1) is 0 Å². The highest BCUT2D eigenvalue weighted by Crippen LogP contribution is 2.58. The van der Waals surface area contributed by atoms with Gasteiger partial charge in [-0.3, -0.25) is 4.90 Å². The summed E-state index contributed by atoms with van der Waals surface area (Å²) in [5.74, 6) is 0.764. The average Bonchev–Trinajstić information content (AvgIpc) is 2.84. The molecule has 1 aliphatic carbocycles. The van der Waals surface area contributed by atoms with Gasteiger partial charge in [0.25, 0.3) is 0 Å². The molecule has 0 amide bonds. The Balaban J connectivity index is 1.79. The molecule has 1 aliphatic heterocycles. The molecule has 1 saturated carbocycles. The van der Waals surface area contributed by atoms with Gasteiger partial charge in [-0.2, -0.15) is 0 Å². The Morgan fingerprint density at radius 2 is 2.12 bits per heavy atom. The van der Waals surface area contributed by atoms with Crippen molar-refractivity contribution in [3.05, 3.63) is 34.3 Å². The summed E-state index contributed by atoms with van der Waals surface area (Å²) in [6, 6.07) is 8.64. The first-order valence-corrected chi connectivity index (χ1v) is 6.58. The van der Waals surface area contributed by atoms with Crippen LogP contribution in [0.3, 0.4) is 0 Å². The lowest BCUT2D eigenvalue weighted by molar-refractivity contribution is 0.267. The largest absolute Gasteiger partial charge is 0.300 e. The first-order chi connectivity index (χ1) is 7.74. The Labute approximate surface area is 104 Å². The summed E-state index contributed by atoms with van der Waals surface area (Å²) in [4.78, 5) is 2.26. The molecule has 3 rings (SSSR count). The second-order valence-corrected chi connectivity index (χ2v) is 5.90. The fraction of sp³-hybridized carbons (Fsp3) is 0.538. The zero-order valence-corrected chi connectivity index (χ0v) is 10.7. The van der Waals surface area contributed by atoms with Gasteiger partial charge >= 0.3 is 0 Å². The van der Waals surface area contributed by atoms with Gasteiger partial charge in [0.05, 0.1) is 0 Å². The Hall–Kier alpha value is -0.410. The van der Waals surface area contributed by atoms with Crippen LogP contribution >= 0.6 is 15.9 Å². The summed E-state index contributed by atoms with van der Waals surface area (Å²) in [5.41, 5.74) is 1.79. The number of piperidine rings is 1. The molecular formula is C13H15BrFN. The van der Waals surface area contributed by atoms with Crippen LogP contribution in [-0.2, 0) is 5.41 Å². The maximum Gasteiger partial charge on any atom is 0.102 e. The van der Waals surface area contributed by atoms with Crippen molar-refractivity contribution < 1.29 is 4.39 Å². The Kier molecular flexibility index (Phi) is 2.55. The van der Waals surface area contributed by atoms with E-state index in [0.29, 0.717) is 12.0 Å². The highest BCUT2D eigenvalue weighted by Gasteiger charge is 2.60. The number of nitrogens with zero attached hydrogens (tertiary/aromatic N) is 1. The third-order valence-corrected chi connectivity index (χ3v) is 4.56. The minimum absolute atomic E-state index is 0.219. The molecule has 1 aromatic rings. The van der Waals surface area contributed by atoms with Crippen molar-refractivity contribution in [2.75, 3.05) is 26.3 Å². The topological polar surface area (TPSA) is 3.24 Å². The van der Waals surface area contributed by atoms with Crippen LogP contribution in [0.25, 0.3) is 0 Å². The van der Waals surface area contributed by atoms with Crippen molar-refractivity contribution in [3.63, 3.8) is 0 Å². The summed E-state index contributed by atoms with van der Waals surface area (Å²) >= 11 is 3.46. The van der Waals surface area contributed by atoms with Crippen LogP contribution in [0.2, 0.25) is 0 Å². The summed E-state index contributed by atoms with van der Waals surface area (Å²) in [6.07, 6.45) is 1.29. The Morgan fingerprint density at radius 1 is 1.38 bits per heavy atom. The van der Waals surface area contributed by atoms with E-state index < -0.39 is 0 Å². The molecule has 16 heavy (non-hydrogen) atoms. The predicted molar refractivity (Wildman–Crippen MR) is 66.3 cm³/mol. The van der Waals surface area contributed by atoms with E-state index in [9.17, 15) is 4.39 Å². The molecule has 0 radical (unpaired) electrons. The molecule has 0 aromatic heterocycles. The number of benzene rings is 1. The van der Waals surface area contributed by atoms with Crippen LogP contribution in [0, 0.1) is 5.92 Å². The van der Waals surface area contributed by atoms with Gasteiger partial charge in [0.1, 0.15) is 6.67 Å². The number of fused-ring (bicyclic) bond motifs is 1. The van der Waals surface area contributed by atoms with Crippen LogP contribution in [0.15, 0.2) is 28.7 Å². The first-order valence-electron chi connectivity index (χ1n) is 5.79. The molecule has 2 fully saturated rings. The SMILES string of the molecule is FCCN1C[C@H]2C[C@@]2(c2ccc(Br)cc2)C1. The fourth-order valence-corrected chi connectivity index (χ4v) is 3.37. The molecule has 86 valence electrons. The van der Waals surface area contributed by atoms with E-state index >= 15 is 0 Å². The van der Waals surface area contributed by atoms with Gasteiger partial charge in [0, 0.05) is 29.5 Å². The average molecular weight is 284 g/mol. The van der Waals surface area contributed by atoms with Gasteiger partial charge in [-0.1, -0.05) is 28.1 Å². The zero-order valence-electron chi connectivity index (χ0n) is 9.13. The molecular weight excluding hydrogens is 269 g/mol. The molecule has 0 N–H and O–H groups in total. The molecule has 1 heterocycles. The van der Waals surface area contributed by atoms with Crippen molar-refractivity contribution in [1.29, 1.82) is 0 Å². The quantitative estimate of drug-likeness (QED) is 0.824. The Morgan fingerprint density at radius 3 is 2.81 bits per heavy atom. The standard InChI is InChI=1S/C13H15BrFN/c14-12-3-1-10(2-4-12)13-7-11(13)8-16(9-13)6-5-15/h1-4,11H,5-9H2/t11-,13+/m1/s1. The lowest BCUT2D eigenvalue weighted by atomic mass is 9.95. The number of likely N-dealkylation sites (tertiary alicyclic amines) is 1. The number of hydrogen-bond acceptors (Lipinski definition) is 1. The van der Waals surface area contributed by atoms with Gasteiger partial charge in [-0.05, 0) is 30.0 Å². The second kappa shape index (κ2) is 3.81. The summed E-state index contributed by atoms with van der Waals surface area (Å²) in [7, 11) is 0. The van der Waals surface area contributed by atoms with E-state index in [1.54, 1.807) is 0 Å². The van der Waals surface area contributed by atoms with Crippen LogP contribution in [0.5, 0.6) is 0 Å². The van der Waals surface area contributed by atoms with Gasteiger partial charge in [-0.25, -0.2) is 4.39 Å². The molecule has 0 spiro atoms. The van der Waals surface area contributed by atoms with Crippen molar-refractivity contribution in [2.24, 2.45) is 5.92 Å². The first kappa shape index (κ1) is 10.7. The lowest BCUT2D eigenvalue weighted by Crippen LogP contribution is -2.28. The minimum atomic E-state index is -0.219. The van der Waals surface area contributed by atoms with Crippen LogP contribution in [-0.4, -0.2) is 31.2 Å². The normalized spacial score (nSPS) is 32.8. The zero-order chi connectivity index (χ0) is 11.2. The van der Waals surface area contributed by atoms with E-state index in [2.05, 4.69) is 45.1 Å². The number of hydrogen-bond donors (Lipinski definition) is 0. The van der Waals surface area contributed by atoms with Crippen LogP contribution < -0.4 is 0 Å². The maximum atomic E-state index is 12.3. The molecule has 2 aliphatic rings. The molecule has 0 bridgehead atoms. The summed E-state index contributed by atoms with van der Waals surface area (Å²) in [5, 5.41) is 0. The fourth-order valence-electron chi connectivity index (χ4n) is 3.11. The van der Waals surface area contributed by atoms with E-state index in [0.717, 1.165) is 23.5 Å². The van der Waals surface area contributed by atoms with E-state index in [1.165, 1.54) is 12.0 Å². The lowest BCUT2D eigenvalue weighted by Gasteiger charge is -2.19. The number of halogens is 2. The molecule has 1 nitrogen and oxygen atoms in total.